The Morgan fingerprint density at radius 1 is 0.920 bits per heavy atom. The summed E-state index contributed by atoms with van der Waals surface area (Å²) >= 11 is 0. The number of fused-ring (bicyclic) bond motifs is 3. The Morgan fingerprint density at radius 3 is 2.44 bits per heavy atom. The van der Waals surface area contributed by atoms with Gasteiger partial charge in [-0.05, 0) is 18.9 Å². The predicted molar refractivity (Wildman–Crippen MR) is 104 cm³/mol. The summed E-state index contributed by atoms with van der Waals surface area (Å²) in [7, 11) is 0. The Labute approximate surface area is 149 Å². The number of hydrogen-bond donors (Lipinski definition) is 0. The second-order valence-corrected chi connectivity index (χ2v) is 6.90. The van der Waals surface area contributed by atoms with Crippen molar-refractivity contribution in [2.45, 2.75) is 71.9 Å². The smallest absolute Gasteiger partial charge is 0.277 e. The van der Waals surface area contributed by atoms with Crippen LogP contribution in [0, 0.1) is 0 Å². The Morgan fingerprint density at radius 2 is 1.64 bits per heavy atom. The molecule has 3 rings (SSSR count). The fraction of sp³-hybridized carbons (Fsp3) is 0.524. The van der Waals surface area contributed by atoms with Gasteiger partial charge in [0.05, 0.1) is 11.1 Å². The van der Waals surface area contributed by atoms with Crippen molar-refractivity contribution >= 4 is 10.9 Å². The Balaban J connectivity index is 1.99. The van der Waals surface area contributed by atoms with Crippen molar-refractivity contribution in [2.75, 3.05) is 0 Å². The summed E-state index contributed by atoms with van der Waals surface area (Å²) in [5.41, 5.74) is 2.83. The van der Waals surface area contributed by atoms with E-state index in [1.807, 2.05) is 12.3 Å². The number of pyridine rings is 1. The van der Waals surface area contributed by atoms with E-state index in [1.165, 1.54) is 31.2 Å². The fourth-order valence-corrected chi connectivity index (χ4v) is 3.48. The highest BCUT2D eigenvalue weighted by molar-refractivity contribution is 5.93. The maximum atomic E-state index is 12.8. The second-order valence-electron chi connectivity index (χ2n) is 6.90. The molecule has 4 heteroatoms. The molecule has 25 heavy (non-hydrogen) atoms. The van der Waals surface area contributed by atoms with Gasteiger partial charge in [0.25, 0.3) is 5.56 Å². The molecule has 0 fully saturated rings. The van der Waals surface area contributed by atoms with Gasteiger partial charge < -0.3 is 4.57 Å². The quantitative estimate of drug-likeness (QED) is 0.510. The van der Waals surface area contributed by atoms with E-state index >= 15 is 0 Å². The van der Waals surface area contributed by atoms with Crippen molar-refractivity contribution in [2.24, 2.45) is 0 Å². The average molecular weight is 339 g/mol. The summed E-state index contributed by atoms with van der Waals surface area (Å²) in [5, 5.41) is 5.75. The van der Waals surface area contributed by atoms with Crippen LogP contribution in [0.5, 0.6) is 0 Å². The van der Waals surface area contributed by atoms with Gasteiger partial charge in [0.15, 0.2) is 0 Å². The number of aromatic nitrogens is 3. The molecular weight excluding hydrogens is 310 g/mol. The zero-order valence-corrected chi connectivity index (χ0v) is 15.5. The van der Waals surface area contributed by atoms with Crippen molar-refractivity contribution in [3.8, 4) is 11.3 Å². The molecule has 0 saturated heterocycles. The molecular formula is C21H29N3O. The molecule has 2 aliphatic heterocycles. The van der Waals surface area contributed by atoms with Gasteiger partial charge in [-0.1, -0.05) is 64.2 Å². The molecule has 0 amide bonds. The van der Waals surface area contributed by atoms with Gasteiger partial charge in [-0.2, -0.15) is 5.10 Å². The summed E-state index contributed by atoms with van der Waals surface area (Å²) in [4.78, 5) is 12.8. The van der Waals surface area contributed by atoms with Gasteiger partial charge in [-0.3, -0.25) is 4.79 Å². The minimum Gasteiger partial charge on any atom is -0.347 e. The van der Waals surface area contributed by atoms with Gasteiger partial charge >= 0.3 is 0 Å². The fourth-order valence-electron chi connectivity index (χ4n) is 3.48. The van der Waals surface area contributed by atoms with Crippen molar-refractivity contribution in [1.29, 1.82) is 0 Å². The first-order valence-electron chi connectivity index (χ1n) is 9.75. The maximum Gasteiger partial charge on any atom is 0.277 e. The molecule has 0 aliphatic carbocycles. The summed E-state index contributed by atoms with van der Waals surface area (Å²) in [6.07, 6.45) is 10.2. The molecule has 1 aromatic rings. The van der Waals surface area contributed by atoms with Crippen LogP contribution in [-0.2, 0) is 13.1 Å². The van der Waals surface area contributed by atoms with E-state index in [9.17, 15) is 4.79 Å². The number of aryl methyl sites for hydroxylation is 2. The molecule has 0 unspecified atom stereocenters. The zero-order valence-electron chi connectivity index (χ0n) is 15.5. The Bertz CT molecular complexity index is 846. The normalized spacial score (nSPS) is 11.6. The number of para-hydroxylation sites is 1. The van der Waals surface area contributed by atoms with E-state index in [0.29, 0.717) is 0 Å². The number of hydrogen-bond acceptors (Lipinski definition) is 2. The largest absolute Gasteiger partial charge is 0.347 e. The molecule has 4 nitrogen and oxygen atoms in total. The lowest BCUT2D eigenvalue weighted by Gasteiger charge is -2.13. The average Bonchev–Trinajstić information content (AvgIpc) is 2.95. The minimum absolute atomic E-state index is 0.0569. The van der Waals surface area contributed by atoms with Crippen LogP contribution >= 0.6 is 0 Å². The molecule has 1 aromatic carbocycles. The summed E-state index contributed by atoms with van der Waals surface area (Å²) in [5.74, 6) is 0. The second kappa shape index (κ2) is 8.32. The first-order valence-corrected chi connectivity index (χ1v) is 9.75. The lowest BCUT2D eigenvalue weighted by molar-refractivity contribution is 0.533. The number of benzene rings is 1. The molecule has 0 N–H and O–H groups in total. The lowest BCUT2D eigenvalue weighted by atomic mass is 10.1. The summed E-state index contributed by atoms with van der Waals surface area (Å²) in [6, 6.07) is 8.31. The van der Waals surface area contributed by atoms with Crippen LogP contribution in [-0.4, -0.2) is 14.3 Å². The topological polar surface area (TPSA) is 39.8 Å². The highest BCUT2D eigenvalue weighted by atomic mass is 16.1. The van der Waals surface area contributed by atoms with E-state index < -0.39 is 0 Å². The zero-order chi connectivity index (χ0) is 17.6. The van der Waals surface area contributed by atoms with Crippen LogP contribution in [0.4, 0.5) is 0 Å². The molecule has 0 saturated carbocycles. The number of unbranched alkanes of at least 4 members (excludes halogenated alkanes) is 5. The third kappa shape index (κ3) is 3.78. The van der Waals surface area contributed by atoms with E-state index in [-0.39, 0.29) is 5.56 Å². The van der Waals surface area contributed by atoms with Crippen molar-refractivity contribution in [3.05, 3.63) is 40.8 Å². The predicted octanol–water partition coefficient (Wildman–Crippen LogP) is 5.07. The van der Waals surface area contributed by atoms with E-state index in [1.54, 1.807) is 4.68 Å². The summed E-state index contributed by atoms with van der Waals surface area (Å²) in [6.45, 7) is 6.08. The minimum atomic E-state index is 0.0569. The molecule has 0 atom stereocenters. The number of nitrogens with zero attached hydrogens (tertiary/aromatic N) is 3. The first kappa shape index (κ1) is 17.7. The van der Waals surface area contributed by atoms with Crippen molar-refractivity contribution in [1.82, 2.24) is 14.3 Å². The monoisotopic (exact) mass is 339 g/mol. The highest BCUT2D eigenvalue weighted by Gasteiger charge is 2.19. The van der Waals surface area contributed by atoms with Gasteiger partial charge in [0.1, 0.15) is 5.69 Å². The van der Waals surface area contributed by atoms with E-state index in [2.05, 4.69) is 41.7 Å². The van der Waals surface area contributed by atoms with E-state index in [4.69, 9.17) is 0 Å². The third-order valence-corrected chi connectivity index (χ3v) is 4.92. The molecule has 2 aliphatic rings. The Kier molecular flexibility index (Phi) is 5.90. The van der Waals surface area contributed by atoms with Crippen LogP contribution < -0.4 is 5.56 Å². The summed E-state index contributed by atoms with van der Waals surface area (Å²) < 4.78 is 3.90. The van der Waals surface area contributed by atoms with Crippen molar-refractivity contribution < 1.29 is 0 Å². The van der Waals surface area contributed by atoms with Crippen LogP contribution in [0.2, 0.25) is 0 Å². The molecule has 0 aromatic heterocycles. The van der Waals surface area contributed by atoms with Crippen LogP contribution in [0.25, 0.3) is 22.2 Å². The SMILES string of the molecule is CCCCCCn1nc2c3ccccc3n(CCCCC)cc-2c1=O. The lowest BCUT2D eigenvalue weighted by Crippen LogP contribution is -2.17. The Hall–Kier alpha value is -2.10. The molecule has 0 radical (unpaired) electrons. The van der Waals surface area contributed by atoms with Gasteiger partial charge in [-0.25, -0.2) is 4.68 Å². The molecule has 0 spiro atoms. The highest BCUT2D eigenvalue weighted by Crippen LogP contribution is 2.27. The van der Waals surface area contributed by atoms with Crippen LogP contribution in [0.3, 0.4) is 0 Å². The van der Waals surface area contributed by atoms with E-state index in [0.717, 1.165) is 49.0 Å². The van der Waals surface area contributed by atoms with Gasteiger partial charge in [-0.15, -0.1) is 0 Å². The third-order valence-electron chi connectivity index (χ3n) is 4.92. The van der Waals surface area contributed by atoms with Crippen LogP contribution in [0.15, 0.2) is 35.3 Å². The molecule has 134 valence electrons. The standard InChI is InChI=1S/C21H29N3O/c1-3-5-7-11-15-24-21(25)18-16-23(14-10-6-4-2)19-13-9-8-12-17(19)20(18)22-24/h8-9,12-13,16H,3-7,10-11,14-15H2,1-2H3. The first-order chi connectivity index (χ1) is 12.3. The molecule has 0 bridgehead atoms. The van der Waals surface area contributed by atoms with Gasteiger partial charge in [0, 0.05) is 24.7 Å². The number of rotatable bonds is 9. The van der Waals surface area contributed by atoms with Gasteiger partial charge in [0.2, 0.25) is 0 Å². The molecule has 2 heterocycles. The maximum absolute atomic E-state index is 12.8. The van der Waals surface area contributed by atoms with Crippen LogP contribution in [0.1, 0.15) is 58.8 Å². The van der Waals surface area contributed by atoms with Crippen molar-refractivity contribution in [3.63, 3.8) is 0 Å².